The summed E-state index contributed by atoms with van der Waals surface area (Å²) in [5, 5.41) is 9.34. The van der Waals surface area contributed by atoms with Crippen LogP contribution in [-0.2, 0) is 6.54 Å². The van der Waals surface area contributed by atoms with Crippen molar-refractivity contribution in [1.82, 2.24) is 0 Å². The molecule has 0 aliphatic heterocycles. The van der Waals surface area contributed by atoms with E-state index >= 15 is 0 Å². The predicted octanol–water partition coefficient (Wildman–Crippen LogP) is 1.89. The molecule has 1 aromatic rings. The number of benzene rings is 1. The first-order valence-corrected chi connectivity index (χ1v) is 4.52. The van der Waals surface area contributed by atoms with Gasteiger partial charge in [0.2, 0.25) is 0 Å². The quantitative estimate of drug-likeness (QED) is 0.820. The van der Waals surface area contributed by atoms with Gasteiger partial charge in [0.1, 0.15) is 0 Å². The van der Waals surface area contributed by atoms with Gasteiger partial charge in [-0.05, 0) is 40.3 Å². The Balaban J connectivity index is 0.00000144. The molecule has 0 aliphatic carbocycles. The largest absolute Gasteiger partial charge is 0.504 e. The Hall–Kier alpha value is -0.200. The monoisotopic (exact) mass is 315 g/mol. The molecular weight excluding hydrogens is 304 g/mol. The molecule has 0 aromatic heterocycles. The maximum atomic E-state index is 9.34. The molecule has 0 unspecified atom stereocenters. The van der Waals surface area contributed by atoms with Gasteiger partial charge in [0.25, 0.3) is 0 Å². The Labute approximate surface area is 96.8 Å². The maximum absolute atomic E-state index is 9.34. The maximum Gasteiger partial charge on any atom is 0.160 e. The van der Waals surface area contributed by atoms with Gasteiger partial charge in [0.15, 0.2) is 11.5 Å². The van der Waals surface area contributed by atoms with Gasteiger partial charge in [0.05, 0.1) is 7.11 Å². The first-order valence-electron chi connectivity index (χ1n) is 3.44. The zero-order valence-corrected chi connectivity index (χ0v) is 10.1. The van der Waals surface area contributed by atoms with Crippen molar-refractivity contribution in [3.8, 4) is 11.5 Å². The summed E-state index contributed by atoms with van der Waals surface area (Å²) in [7, 11) is 1.52. The molecule has 0 heterocycles. The molecule has 0 aliphatic rings. The van der Waals surface area contributed by atoms with E-state index in [2.05, 4.69) is 22.6 Å². The van der Waals surface area contributed by atoms with Crippen molar-refractivity contribution in [3.63, 3.8) is 0 Å². The third-order valence-electron chi connectivity index (χ3n) is 1.57. The highest BCUT2D eigenvalue weighted by Crippen LogP contribution is 2.29. The summed E-state index contributed by atoms with van der Waals surface area (Å²) in [6.45, 7) is 0.453. The number of phenolic OH excluding ortho intramolecular Hbond substituents is 1. The summed E-state index contributed by atoms with van der Waals surface area (Å²) in [6.07, 6.45) is 0. The summed E-state index contributed by atoms with van der Waals surface area (Å²) in [5.74, 6) is 0.620. The van der Waals surface area contributed by atoms with Crippen molar-refractivity contribution >= 4 is 35.0 Å². The van der Waals surface area contributed by atoms with Crippen LogP contribution in [0, 0.1) is 3.57 Å². The molecule has 0 radical (unpaired) electrons. The van der Waals surface area contributed by atoms with E-state index in [1.165, 1.54) is 7.11 Å². The molecule has 1 rings (SSSR count). The van der Waals surface area contributed by atoms with Gasteiger partial charge in [-0.2, -0.15) is 0 Å². The molecule has 0 saturated carbocycles. The van der Waals surface area contributed by atoms with Gasteiger partial charge in [-0.15, -0.1) is 12.4 Å². The van der Waals surface area contributed by atoms with E-state index in [0.29, 0.717) is 12.3 Å². The lowest BCUT2D eigenvalue weighted by molar-refractivity contribution is 0.372. The van der Waals surface area contributed by atoms with Crippen LogP contribution in [-0.4, -0.2) is 12.2 Å². The lowest BCUT2D eigenvalue weighted by Crippen LogP contribution is -1.99. The van der Waals surface area contributed by atoms with Gasteiger partial charge in [-0.25, -0.2) is 0 Å². The zero-order valence-electron chi connectivity index (χ0n) is 7.08. The van der Waals surface area contributed by atoms with Crippen LogP contribution in [0.25, 0.3) is 0 Å². The molecule has 3 nitrogen and oxygen atoms in total. The average Bonchev–Trinajstić information content (AvgIpc) is 2.05. The van der Waals surface area contributed by atoms with E-state index in [1.807, 2.05) is 0 Å². The molecule has 0 fully saturated rings. The smallest absolute Gasteiger partial charge is 0.160 e. The Morgan fingerprint density at radius 1 is 1.54 bits per heavy atom. The van der Waals surface area contributed by atoms with Crippen molar-refractivity contribution in [2.24, 2.45) is 5.73 Å². The highest BCUT2D eigenvalue weighted by molar-refractivity contribution is 14.1. The van der Waals surface area contributed by atoms with Gasteiger partial charge < -0.3 is 15.6 Å². The minimum atomic E-state index is 0. The molecule has 1 aromatic carbocycles. The fourth-order valence-corrected chi connectivity index (χ4v) is 1.58. The summed E-state index contributed by atoms with van der Waals surface area (Å²) in [6, 6.07) is 3.39. The second kappa shape index (κ2) is 5.51. The molecule has 0 spiro atoms. The van der Waals surface area contributed by atoms with Crippen molar-refractivity contribution in [1.29, 1.82) is 0 Å². The number of rotatable bonds is 2. The van der Waals surface area contributed by atoms with Crippen molar-refractivity contribution < 1.29 is 9.84 Å². The second-order valence-electron chi connectivity index (χ2n) is 2.32. The standard InChI is InChI=1S/C8H10INO2.ClH/c1-12-8-2-5(4-10)6(9)3-7(8)11;/h2-3,11H,4,10H2,1H3;1H. The van der Waals surface area contributed by atoms with E-state index in [4.69, 9.17) is 10.5 Å². The van der Waals surface area contributed by atoms with Gasteiger partial charge in [-0.1, -0.05) is 0 Å². The van der Waals surface area contributed by atoms with Gasteiger partial charge >= 0.3 is 0 Å². The number of ether oxygens (including phenoxy) is 1. The number of methoxy groups -OCH3 is 1. The van der Waals surface area contributed by atoms with Crippen LogP contribution in [0.2, 0.25) is 0 Å². The Kier molecular flexibility index (Phi) is 5.43. The van der Waals surface area contributed by atoms with Crippen LogP contribution < -0.4 is 10.5 Å². The van der Waals surface area contributed by atoms with Crippen molar-refractivity contribution in [3.05, 3.63) is 21.3 Å². The average molecular weight is 316 g/mol. The number of hydrogen-bond acceptors (Lipinski definition) is 3. The summed E-state index contributed by atoms with van der Waals surface area (Å²) in [5.41, 5.74) is 6.46. The van der Waals surface area contributed by atoms with E-state index in [1.54, 1.807) is 12.1 Å². The molecule has 13 heavy (non-hydrogen) atoms. The van der Waals surface area contributed by atoms with Crippen LogP contribution in [0.4, 0.5) is 0 Å². The first-order chi connectivity index (χ1) is 5.69. The number of aromatic hydroxyl groups is 1. The summed E-state index contributed by atoms with van der Waals surface area (Å²) in [4.78, 5) is 0. The molecular formula is C8H11ClINO2. The van der Waals surface area contributed by atoms with E-state index in [0.717, 1.165) is 9.13 Å². The molecule has 5 heteroatoms. The van der Waals surface area contributed by atoms with Crippen LogP contribution in [0.5, 0.6) is 11.5 Å². The molecule has 74 valence electrons. The number of phenols is 1. The molecule has 0 bridgehead atoms. The first kappa shape index (κ1) is 12.8. The number of halogens is 2. The van der Waals surface area contributed by atoms with E-state index < -0.39 is 0 Å². The fourth-order valence-electron chi connectivity index (χ4n) is 0.905. The van der Waals surface area contributed by atoms with Crippen LogP contribution in [0.3, 0.4) is 0 Å². The SMILES string of the molecule is COc1cc(CN)c(I)cc1O.Cl. The van der Waals surface area contributed by atoms with Gasteiger partial charge in [0, 0.05) is 10.1 Å². The topological polar surface area (TPSA) is 55.5 Å². The van der Waals surface area contributed by atoms with E-state index in [-0.39, 0.29) is 18.2 Å². The van der Waals surface area contributed by atoms with Crippen LogP contribution in [0.1, 0.15) is 5.56 Å². The Morgan fingerprint density at radius 2 is 2.15 bits per heavy atom. The number of nitrogens with two attached hydrogens (primary N) is 1. The molecule has 3 N–H and O–H groups in total. The predicted molar refractivity (Wildman–Crippen MR) is 62.5 cm³/mol. The zero-order chi connectivity index (χ0) is 9.14. The normalized spacial score (nSPS) is 9.15. The third kappa shape index (κ3) is 2.89. The third-order valence-corrected chi connectivity index (χ3v) is 2.57. The fraction of sp³-hybridized carbons (Fsp3) is 0.250. The Bertz CT molecular complexity index is 268. The van der Waals surface area contributed by atoms with Crippen LogP contribution >= 0.6 is 35.0 Å². The number of hydrogen-bond donors (Lipinski definition) is 2. The lowest BCUT2D eigenvalue weighted by Gasteiger charge is -2.07. The highest BCUT2D eigenvalue weighted by Gasteiger charge is 2.05. The molecule has 0 atom stereocenters. The molecule has 0 amide bonds. The highest BCUT2D eigenvalue weighted by atomic mass is 127. The minimum Gasteiger partial charge on any atom is -0.504 e. The summed E-state index contributed by atoms with van der Waals surface area (Å²) >= 11 is 2.12. The summed E-state index contributed by atoms with van der Waals surface area (Å²) < 4.78 is 5.89. The van der Waals surface area contributed by atoms with Crippen molar-refractivity contribution in [2.75, 3.05) is 7.11 Å². The van der Waals surface area contributed by atoms with Crippen molar-refractivity contribution in [2.45, 2.75) is 6.54 Å². The van der Waals surface area contributed by atoms with Gasteiger partial charge in [-0.3, -0.25) is 0 Å². The van der Waals surface area contributed by atoms with Crippen LogP contribution in [0.15, 0.2) is 12.1 Å². The molecule has 0 saturated heterocycles. The second-order valence-corrected chi connectivity index (χ2v) is 3.48. The Morgan fingerprint density at radius 3 is 2.62 bits per heavy atom. The minimum absolute atomic E-state index is 0. The van der Waals surface area contributed by atoms with E-state index in [9.17, 15) is 5.11 Å². The lowest BCUT2D eigenvalue weighted by atomic mass is 10.2.